The summed E-state index contributed by atoms with van der Waals surface area (Å²) in [6.45, 7) is 4.64. The maximum atomic E-state index is 5.71. The lowest BCUT2D eigenvalue weighted by Gasteiger charge is -2.07. The highest BCUT2D eigenvalue weighted by Gasteiger charge is 1.99. The first-order valence-corrected chi connectivity index (χ1v) is 6.73. The molecular weight excluding hydrogens is 210 g/mol. The van der Waals surface area contributed by atoms with Crippen molar-refractivity contribution >= 4 is 0 Å². The van der Waals surface area contributed by atoms with E-state index >= 15 is 0 Å². The number of hydrogen-bond acceptors (Lipinski definition) is 2. The Labute approximate surface area is 105 Å². The molecule has 0 bridgehead atoms. The van der Waals surface area contributed by atoms with Gasteiger partial charge in [-0.25, -0.2) is 0 Å². The molecular formula is C15H25NO. The molecule has 96 valence electrons. The fourth-order valence-corrected chi connectivity index (χ4v) is 1.87. The van der Waals surface area contributed by atoms with Crippen molar-refractivity contribution in [2.75, 3.05) is 13.2 Å². The summed E-state index contributed by atoms with van der Waals surface area (Å²) in [5.74, 6) is 0. The molecule has 0 aliphatic carbocycles. The average molecular weight is 235 g/mol. The maximum absolute atomic E-state index is 5.71. The molecule has 2 nitrogen and oxygen atoms in total. The van der Waals surface area contributed by atoms with Crippen molar-refractivity contribution in [1.29, 1.82) is 0 Å². The van der Waals surface area contributed by atoms with E-state index in [4.69, 9.17) is 10.5 Å². The van der Waals surface area contributed by atoms with Gasteiger partial charge in [-0.2, -0.15) is 0 Å². The first-order valence-electron chi connectivity index (χ1n) is 6.73. The van der Waals surface area contributed by atoms with Gasteiger partial charge < -0.3 is 10.5 Å². The molecule has 0 atom stereocenters. The molecule has 0 unspecified atom stereocenters. The van der Waals surface area contributed by atoms with Crippen LogP contribution in [0.1, 0.15) is 43.7 Å². The zero-order chi connectivity index (χ0) is 12.3. The minimum absolute atomic E-state index is 0.642. The second-order valence-corrected chi connectivity index (χ2v) is 4.40. The highest BCUT2D eigenvalue weighted by molar-refractivity contribution is 5.26. The Balaban J connectivity index is 2.13. The summed E-state index contributed by atoms with van der Waals surface area (Å²) < 4.78 is 5.54. The molecule has 1 aromatic carbocycles. The normalized spacial score (nSPS) is 10.7. The van der Waals surface area contributed by atoms with Crippen LogP contribution in [0.5, 0.6) is 0 Å². The molecule has 0 heterocycles. The number of benzene rings is 1. The Morgan fingerprint density at radius 3 is 2.41 bits per heavy atom. The molecule has 0 aromatic heterocycles. The molecule has 0 aliphatic rings. The van der Waals surface area contributed by atoms with E-state index in [9.17, 15) is 0 Å². The van der Waals surface area contributed by atoms with Crippen molar-refractivity contribution < 1.29 is 4.74 Å². The fraction of sp³-hybridized carbons (Fsp3) is 0.600. The Bertz CT molecular complexity index is 299. The molecule has 0 amide bonds. The lowest BCUT2D eigenvalue weighted by Crippen LogP contribution is -2.02. The van der Waals surface area contributed by atoms with E-state index in [0.29, 0.717) is 6.54 Å². The summed E-state index contributed by atoms with van der Waals surface area (Å²) in [5.41, 5.74) is 8.38. The Morgan fingerprint density at radius 1 is 1.00 bits per heavy atom. The average Bonchev–Trinajstić information content (AvgIpc) is 2.38. The first-order chi connectivity index (χ1) is 8.38. The summed E-state index contributed by atoms with van der Waals surface area (Å²) in [4.78, 5) is 0. The minimum atomic E-state index is 0.642. The molecule has 1 aromatic rings. The monoisotopic (exact) mass is 235 g/mol. The predicted octanol–water partition coefficient (Wildman–Crippen LogP) is 3.28. The Kier molecular flexibility index (Phi) is 7.69. The summed E-state index contributed by atoms with van der Waals surface area (Å²) in [5, 5.41) is 0. The Morgan fingerprint density at radius 2 is 1.71 bits per heavy atom. The second kappa shape index (κ2) is 9.20. The van der Waals surface area contributed by atoms with Crippen LogP contribution in [0.25, 0.3) is 0 Å². The third-order valence-corrected chi connectivity index (χ3v) is 2.97. The van der Waals surface area contributed by atoms with Gasteiger partial charge in [0.2, 0.25) is 0 Å². The first kappa shape index (κ1) is 14.2. The number of nitrogens with two attached hydrogens (primary N) is 1. The van der Waals surface area contributed by atoms with Crippen LogP contribution in [0.4, 0.5) is 0 Å². The van der Waals surface area contributed by atoms with Crippen LogP contribution >= 0.6 is 0 Å². The highest BCUT2D eigenvalue weighted by Crippen LogP contribution is 2.11. The van der Waals surface area contributed by atoms with Gasteiger partial charge in [0.15, 0.2) is 0 Å². The van der Waals surface area contributed by atoms with E-state index in [1.54, 1.807) is 0 Å². The molecule has 2 heteroatoms. The van der Waals surface area contributed by atoms with Gasteiger partial charge in [-0.05, 0) is 36.8 Å². The quantitative estimate of drug-likeness (QED) is 0.667. The fourth-order valence-electron chi connectivity index (χ4n) is 1.87. The van der Waals surface area contributed by atoms with Crippen LogP contribution < -0.4 is 5.73 Å². The van der Waals surface area contributed by atoms with Gasteiger partial charge in [-0.15, -0.1) is 0 Å². The van der Waals surface area contributed by atoms with Gasteiger partial charge in [0.25, 0.3) is 0 Å². The number of hydrogen-bond donors (Lipinski definition) is 1. The van der Waals surface area contributed by atoms with Gasteiger partial charge in [-0.1, -0.05) is 37.6 Å². The van der Waals surface area contributed by atoms with Crippen molar-refractivity contribution in [2.45, 2.75) is 45.6 Å². The van der Waals surface area contributed by atoms with Crippen molar-refractivity contribution in [3.8, 4) is 0 Å². The lowest BCUT2D eigenvalue weighted by molar-refractivity contribution is 0.127. The van der Waals surface area contributed by atoms with Gasteiger partial charge in [-0.3, -0.25) is 0 Å². The number of ether oxygens (including phenoxy) is 1. The van der Waals surface area contributed by atoms with Crippen molar-refractivity contribution in [1.82, 2.24) is 0 Å². The largest absolute Gasteiger partial charge is 0.381 e. The molecule has 0 saturated carbocycles. The molecule has 1 rings (SSSR count). The minimum Gasteiger partial charge on any atom is -0.381 e. The van der Waals surface area contributed by atoms with Crippen LogP contribution in [0.15, 0.2) is 24.3 Å². The second-order valence-electron chi connectivity index (χ2n) is 4.40. The van der Waals surface area contributed by atoms with E-state index in [1.165, 1.54) is 30.4 Å². The number of aryl methyl sites for hydroxylation is 1. The van der Waals surface area contributed by atoms with Crippen LogP contribution in [0, 0.1) is 0 Å². The van der Waals surface area contributed by atoms with Gasteiger partial charge in [0, 0.05) is 19.8 Å². The number of unbranched alkanes of at least 4 members (excludes halogenated alkanes) is 2. The van der Waals surface area contributed by atoms with Crippen LogP contribution in [-0.4, -0.2) is 13.2 Å². The van der Waals surface area contributed by atoms with E-state index < -0.39 is 0 Å². The van der Waals surface area contributed by atoms with Crippen molar-refractivity contribution in [3.63, 3.8) is 0 Å². The molecule has 0 spiro atoms. The molecule has 17 heavy (non-hydrogen) atoms. The van der Waals surface area contributed by atoms with Crippen LogP contribution in [-0.2, 0) is 17.7 Å². The summed E-state index contributed by atoms with van der Waals surface area (Å²) in [6, 6.07) is 8.44. The van der Waals surface area contributed by atoms with Gasteiger partial charge >= 0.3 is 0 Å². The van der Waals surface area contributed by atoms with Crippen molar-refractivity contribution in [2.24, 2.45) is 5.73 Å². The van der Waals surface area contributed by atoms with Crippen LogP contribution in [0.3, 0.4) is 0 Å². The Hall–Kier alpha value is -0.860. The zero-order valence-corrected chi connectivity index (χ0v) is 11.0. The third-order valence-electron chi connectivity index (χ3n) is 2.97. The highest BCUT2D eigenvalue weighted by atomic mass is 16.5. The molecule has 0 fully saturated rings. The van der Waals surface area contributed by atoms with Crippen LogP contribution in [0.2, 0.25) is 0 Å². The summed E-state index contributed by atoms with van der Waals surface area (Å²) >= 11 is 0. The molecule has 2 N–H and O–H groups in total. The smallest absolute Gasteiger partial charge is 0.0466 e. The SMILES string of the molecule is CCCCOCCCCc1ccccc1CN. The summed E-state index contributed by atoms with van der Waals surface area (Å²) in [7, 11) is 0. The predicted molar refractivity (Wildman–Crippen MR) is 73.0 cm³/mol. The molecule has 0 radical (unpaired) electrons. The van der Waals surface area contributed by atoms with E-state index in [-0.39, 0.29) is 0 Å². The standard InChI is InChI=1S/C15H25NO/c1-2-3-11-17-12-7-6-9-14-8-4-5-10-15(14)13-16/h4-5,8,10H,2-3,6-7,9,11-13,16H2,1H3. The maximum Gasteiger partial charge on any atom is 0.0466 e. The zero-order valence-electron chi connectivity index (χ0n) is 11.0. The third kappa shape index (κ3) is 5.85. The van der Waals surface area contributed by atoms with E-state index in [1.807, 2.05) is 0 Å². The van der Waals surface area contributed by atoms with Crippen molar-refractivity contribution in [3.05, 3.63) is 35.4 Å². The molecule has 0 saturated heterocycles. The topological polar surface area (TPSA) is 35.2 Å². The summed E-state index contributed by atoms with van der Waals surface area (Å²) in [6.07, 6.45) is 5.83. The van der Waals surface area contributed by atoms with E-state index in [2.05, 4.69) is 31.2 Å². The van der Waals surface area contributed by atoms with E-state index in [0.717, 1.165) is 26.1 Å². The van der Waals surface area contributed by atoms with Gasteiger partial charge in [0.05, 0.1) is 0 Å². The van der Waals surface area contributed by atoms with Gasteiger partial charge in [0.1, 0.15) is 0 Å². The number of rotatable bonds is 9. The molecule has 0 aliphatic heterocycles. The lowest BCUT2D eigenvalue weighted by atomic mass is 10.0.